The summed E-state index contributed by atoms with van der Waals surface area (Å²) in [6.07, 6.45) is 0.203. The highest BCUT2D eigenvalue weighted by Crippen LogP contribution is 2.21. The van der Waals surface area contributed by atoms with Crippen LogP contribution in [0.25, 0.3) is 0 Å². The Morgan fingerprint density at radius 1 is 1.13 bits per heavy atom. The van der Waals surface area contributed by atoms with Gasteiger partial charge < -0.3 is 15.4 Å². The van der Waals surface area contributed by atoms with Gasteiger partial charge in [-0.3, -0.25) is 9.59 Å². The molecule has 5 nitrogen and oxygen atoms in total. The summed E-state index contributed by atoms with van der Waals surface area (Å²) >= 11 is 0. The topological polar surface area (TPSA) is 67.4 Å². The van der Waals surface area contributed by atoms with Gasteiger partial charge in [0.2, 0.25) is 5.91 Å². The van der Waals surface area contributed by atoms with Crippen LogP contribution in [0.5, 0.6) is 5.75 Å². The summed E-state index contributed by atoms with van der Waals surface area (Å²) in [4.78, 5) is 23.9. The van der Waals surface area contributed by atoms with Crippen LogP contribution in [-0.2, 0) is 11.2 Å². The highest BCUT2D eigenvalue weighted by molar-refractivity contribution is 5.97. The highest BCUT2D eigenvalue weighted by Gasteiger charge is 2.10. The van der Waals surface area contributed by atoms with Gasteiger partial charge in [-0.2, -0.15) is 0 Å². The van der Waals surface area contributed by atoms with Crippen LogP contribution >= 0.6 is 0 Å². The smallest absolute Gasteiger partial charge is 0.251 e. The summed E-state index contributed by atoms with van der Waals surface area (Å²) < 4.78 is 5.28. The van der Waals surface area contributed by atoms with Crippen LogP contribution in [0.1, 0.15) is 21.5 Å². The van der Waals surface area contributed by atoms with Crippen molar-refractivity contribution in [2.75, 3.05) is 19.5 Å². The molecule has 0 saturated heterocycles. The van der Waals surface area contributed by atoms with Crippen molar-refractivity contribution in [1.82, 2.24) is 5.32 Å². The fraction of sp³-hybridized carbons (Fsp3) is 0.222. The fourth-order valence-electron chi connectivity index (χ4n) is 2.31. The summed E-state index contributed by atoms with van der Waals surface area (Å²) in [5.41, 5.74) is 2.98. The Kier molecular flexibility index (Phi) is 5.36. The minimum atomic E-state index is -0.193. The van der Waals surface area contributed by atoms with Gasteiger partial charge >= 0.3 is 0 Å². The molecule has 2 aromatic rings. The second-order valence-electron chi connectivity index (χ2n) is 5.20. The number of methoxy groups -OCH3 is 1. The summed E-state index contributed by atoms with van der Waals surface area (Å²) in [5.74, 6) is 0.328. The first-order chi connectivity index (χ1) is 11.0. The normalized spacial score (nSPS) is 10.0. The van der Waals surface area contributed by atoms with Gasteiger partial charge in [-0.1, -0.05) is 23.8 Å². The lowest BCUT2D eigenvalue weighted by Gasteiger charge is -2.10. The molecule has 0 saturated carbocycles. The van der Waals surface area contributed by atoms with Crippen LogP contribution in [0.4, 0.5) is 5.69 Å². The molecule has 0 heterocycles. The molecule has 5 heteroatoms. The average molecular weight is 312 g/mol. The summed E-state index contributed by atoms with van der Waals surface area (Å²) in [6, 6.07) is 12.5. The molecule has 120 valence electrons. The average Bonchev–Trinajstić information content (AvgIpc) is 2.54. The number of ether oxygens (including phenoxy) is 1. The molecular weight excluding hydrogens is 292 g/mol. The number of carbonyl (C=O) groups is 2. The van der Waals surface area contributed by atoms with E-state index in [1.807, 2.05) is 25.1 Å². The third-order valence-corrected chi connectivity index (χ3v) is 3.42. The van der Waals surface area contributed by atoms with Crippen molar-refractivity contribution in [2.24, 2.45) is 0 Å². The van der Waals surface area contributed by atoms with E-state index in [0.717, 1.165) is 11.1 Å². The standard InChI is InChI=1S/C18H20N2O3/c1-12-7-8-16(23-3)14(9-12)11-17(21)20-15-6-4-5-13(10-15)18(22)19-2/h4-10H,11H2,1-3H3,(H,19,22)(H,20,21). The molecular formula is C18H20N2O3. The van der Waals surface area contributed by atoms with Crippen molar-refractivity contribution in [3.8, 4) is 5.75 Å². The molecule has 2 N–H and O–H groups in total. The second kappa shape index (κ2) is 7.45. The number of amides is 2. The van der Waals surface area contributed by atoms with Gasteiger partial charge in [0.25, 0.3) is 5.91 Å². The molecule has 2 aromatic carbocycles. The molecule has 0 spiro atoms. The Hall–Kier alpha value is -2.82. The number of aryl methyl sites for hydroxylation is 1. The molecule has 0 fully saturated rings. The highest BCUT2D eigenvalue weighted by atomic mass is 16.5. The van der Waals surface area contributed by atoms with Gasteiger partial charge in [-0.25, -0.2) is 0 Å². The number of carbonyl (C=O) groups excluding carboxylic acids is 2. The SMILES string of the molecule is CNC(=O)c1cccc(NC(=O)Cc2cc(C)ccc2OC)c1. The summed E-state index contributed by atoms with van der Waals surface area (Å²) in [5, 5.41) is 5.36. The number of rotatable bonds is 5. The van der Waals surface area contributed by atoms with Crippen molar-refractivity contribution in [1.29, 1.82) is 0 Å². The first kappa shape index (κ1) is 16.5. The molecule has 23 heavy (non-hydrogen) atoms. The van der Waals surface area contributed by atoms with Crippen molar-refractivity contribution in [3.63, 3.8) is 0 Å². The van der Waals surface area contributed by atoms with Gasteiger partial charge in [0, 0.05) is 23.9 Å². The van der Waals surface area contributed by atoms with Crippen molar-refractivity contribution < 1.29 is 14.3 Å². The van der Waals surface area contributed by atoms with Crippen LogP contribution in [0.3, 0.4) is 0 Å². The first-order valence-corrected chi connectivity index (χ1v) is 7.29. The molecule has 0 atom stereocenters. The zero-order chi connectivity index (χ0) is 16.8. The van der Waals surface area contributed by atoms with E-state index >= 15 is 0 Å². The van der Waals surface area contributed by atoms with Crippen LogP contribution in [0, 0.1) is 6.92 Å². The molecule has 0 bridgehead atoms. The lowest BCUT2D eigenvalue weighted by Crippen LogP contribution is -2.19. The van der Waals surface area contributed by atoms with Gasteiger partial charge in [0.05, 0.1) is 13.5 Å². The van der Waals surface area contributed by atoms with Gasteiger partial charge in [-0.15, -0.1) is 0 Å². The van der Waals surface area contributed by atoms with Crippen molar-refractivity contribution >= 4 is 17.5 Å². The van der Waals surface area contributed by atoms with E-state index in [1.165, 1.54) is 0 Å². The maximum atomic E-state index is 12.2. The molecule has 0 aliphatic carbocycles. The quantitative estimate of drug-likeness (QED) is 0.891. The van der Waals surface area contributed by atoms with E-state index in [0.29, 0.717) is 17.0 Å². The molecule has 2 amide bonds. The Bertz CT molecular complexity index is 726. The number of nitrogens with one attached hydrogen (secondary N) is 2. The van der Waals surface area contributed by atoms with E-state index in [1.54, 1.807) is 38.4 Å². The van der Waals surface area contributed by atoms with Crippen molar-refractivity contribution in [3.05, 3.63) is 59.2 Å². The summed E-state index contributed by atoms with van der Waals surface area (Å²) in [6.45, 7) is 1.97. The minimum absolute atomic E-state index is 0.164. The molecule has 0 radical (unpaired) electrons. The molecule has 2 rings (SSSR count). The Morgan fingerprint density at radius 2 is 1.91 bits per heavy atom. The number of hydrogen-bond donors (Lipinski definition) is 2. The molecule has 0 unspecified atom stereocenters. The largest absolute Gasteiger partial charge is 0.496 e. The Labute approximate surface area is 135 Å². The fourth-order valence-corrected chi connectivity index (χ4v) is 2.31. The predicted octanol–water partition coefficient (Wildman–Crippen LogP) is 2.54. The lowest BCUT2D eigenvalue weighted by atomic mass is 10.1. The predicted molar refractivity (Wildman–Crippen MR) is 89.9 cm³/mol. The second-order valence-corrected chi connectivity index (χ2v) is 5.20. The van der Waals surface area contributed by atoms with Gasteiger partial charge in [0.1, 0.15) is 5.75 Å². The van der Waals surface area contributed by atoms with E-state index in [-0.39, 0.29) is 18.2 Å². The first-order valence-electron chi connectivity index (χ1n) is 7.29. The van der Waals surface area contributed by atoms with E-state index in [9.17, 15) is 9.59 Å². The minimum Gasteiger partial charge on any atom is -0.496 e. The number of benzene rings is 2. The third kappa shape index (κ3) is 4.32. The number of hydrogen-bond acceptors (Lipinski definition) is 3. The Balaban J connectivity index is 2.11. The monoisotopic (exact) mass is 312 g/mol. The van der Waals surface area contributed by atoms with Crippen LogP contribution in [-0.4, -0.2) is 26.0 Å². The maximum absolute atomic E-state index is 12.2. The lowest BCUT2D eigenvalue weighted by molar-refractivity contribution is -0.115. The number of anilines is 1. The van der Waals surface area contributed by atoms with Gasteiger partial charge in [-0.05, 0) is 31.2 Å². The summed E-state index contributed by atoms with van der Waals surface area (Å²) in [7, 11) is 3.15. The third-order valence-electron chi connectivity index (χ3n) is 3.42. The van der Waals surface area contributed by atoms with Crippen LogP contribution < -0.4 is 15.4 Å². The zero-order valence-electron chi connectivity index (χ0n) is 13.5. The van der Waals surface area contributed by atoms with Crippen LogP contribution in [0.2, 0.25) is 0 Å². The molecule has 0 aromatic heterocycles. The van der Waals surface area contributed by atoms with Gasteiger partial charge in [0.15, 0.2) is 0 Å². The van der Waals surface area contributed by atoms with Crippen LogP contribution in [0.15, 0.2) is 42.5 Å². The molecule has 0 aliphatic rings. The Morgan fingerprint density at radius 3 is 2.61 bits per heavy atom. The van der Waals surface area contributed by atoms with E-state index < -0.39 is 0 Å². The maximum Gasteiger partial charge on any atom is 0.251 e. The van der Waals surface area contributed by atoms with E-state index in [4.69, 9.17) is 4.74 Å². The van der Waals surface area contributed by atoms with E-state index in [2.05, 4.69) is 10.6 Å². The molecule has 0 aliphatic heterocycles. The van der Waals surface area contributed by atoms with Crippen molar-refractivity contribution in [2.45, 2.75) is 13.3 Å². The zero-order valence-corrected chi connectivity index (χ0v) is 13.5.